The summed E-state index contributed by atoms with van der Waals surface area (Å²) in [5.41, 5.74) is 0. The maximum Gasteiger partial charge on any atom is 0.249 e. The van der Waals surface area contributed by atoms with Crippen LogP contribution < -0.4 is 5.32 Å². The molecule has 0 bridgehead atoms. The van der Waals surface area contributed by atoms with E-state index in [4.69, 9.17) is 9.47 Å². The Morgan fingerprint density at radius 2 is 0.770 bits per heavy atom. The minimum atomic E-state index is -1.61. The molecule has 1 aliphatic heterocycles. The molecule has 1 fully saturated rings. The topological polar surface area (TPSA) is 169 Å². The number of unbranched alkanes of at least 4 members (excludes halogenated alkanes) is 46. The van der Waals surface area contributed by atoms with Crippen LogP contribution in [0, 0.1) is 0 Å². The van der Waals surface area contributed by atoms with Gasteiger partial charge in [-0.05, 0) is 19.3 Å². The molecule has 8 atom stereocenters. The fraction of sp³-hybridized carbons (Fsp3) is 0.953. The van der Waals surface area contributed by atoms with Crippen molar-refractivity contribution in [3.05, 3.63) is 12.2 Å². The maximum atomic E-state index is 13.1. The molecule has 0 radical (unpaired) electrons. The van der Waals surface area contributed by atoms with Gasteiger partial charge in [0, 0.05) is 0 Å². The zero-order valence-electron chi connectivity index (χ0n) is 48.7. The first-order valence-electron chi connectivity index (χ1n) is 32.5. The normalized spacial score (nSPS) is 19.4. The van der Waals surface area contributed by atoms with Crippen LogP contribution in [0.4, 0.5) is 0 Å². The van der Waals surface area contributed by atoms with Gasteiger partial charge in [0.25, 0.3) is 0 Å². The third kappa shape index (κ3) is 41.9. The van der Waals surface area contributed by atoms with Gasteiger partial charge >= 0.3 is 0 Å². The van der Waals surface area contributed by atoms with Crippen molar-refractivity contribution in [1.29, 1.82) is 0 Å². The van der Waals surface area contributed by atoms with Crippen molar-refractivity contribution in [2.45, 2.75) is 377 Å². The van der Waals surface area contributed by atoms with Crippen LogP contribution in [0.25, 0.3) is 0 Å². The highest BCUT2D eigenvalue weighted by atomic mass is 16.7. The Morgan fingerprint density at radius 1 is 0.459 bits per heavy atom. The Balaban J connectivity index is 2.11. The largest absolute Gasteiger partial charge is 0.394 e. The zero-order valence-corrected chi connectivity index (χ0v) is 48.7. The molecule has 8 unspecified atom stereocenters. The van der Waals surface area contributed by atoms with Gasteiger partial charge in [0.05, 0.1) is 25.4 Å². The quantitative estimate of drug-likeness (QED) is 0.0232. The Morgan fingerprint density at radius 3 is 1.09 bits per heavy atom. The van der Waals surface area contributed by atoms with Gasteiger partial charge < -0.3 is 45.4 Å². The molecule has 1 aliphatic rings. The Bertz CT molecular complexity index is 1190. The molecular weight excluding hydrogens is 927 g/mol. The van der Waals surface area contributed by atoms with Gasteiger partial charge in [-0.1, -0.05) is 321 Å². The molecule has 0 spiro atoms. The molecule has 10 nitrogen and oxygen atoms in total. The van der Waals surface area contributed by atoms with E-state index in [1.807, 2.05) is 6.08 Å². The monoisotopic (exact) mass is 1050 g/mol. The van der Waals surface area contributed by atoms with E-state index in [0.717, 1.165) is 44.9 Å². The summed E-state index contributed by atoms with van der Waals surface area (Å²) in [6.07, 6.45) is 57.8. The number of hydrogen-bond acceptors (Lipinski definition) is 9. The molecule has 0 saturated carbocycles. The number of aliphatic hydroxyl groups excluding tert-OH is 6. The molecule has 0 aromatic carbocycles. The van der Waals surface area contributed by atoms with Gasteiger partial charge in [-0.3, -0.25) is 4.79 Å². The predicted molar refractivity (Wildman–Crippen MR) is 310 cm³/mol. The molecular formula is C64H125NO9. The van der Waals surface area contributed by atoms with Gasteiger partial charge in [-0.2, -0.15) is 0 Å². The van der Waals surface area contributed by atoms with Crippen LogP contribution in [0.1, 0.15) is 328 Å². The number of ether oxygens (including phenoxy) is 2. The van der Waals surface area contributed by atoms with Crippen molar-refractivity contribution in [1.82, 2.24) is 5.32 Å². The highest BCUT2D eigenvalue weighted by molar-refractivity contribution is 5.80. The highest BCUT2D eigenvalue weighted by Gasteiger charge is 2.44. The minimum absolute atomic E-state index is 0.300. The summed E-state index contributed by atoms with van der Waals surface area (Å²) in [6, 6.07) is -0.976. The standard InChI is InChI=1S/C64H125NO9/c1-3-5-7-9-11-13-15-17-19-20-21-22-23-24-25-26-27-28-29-30-31-32-33-34-35-36-37-39-41-43-45-47-49-51-53-58(68)63(72)65-56(55-73-64-62(71)61(70)60(69)59(54-66)74-64)57(67)52-50-48-46-44-42-40-38-18-16-14-12-10-8-6-4-2/h50,52,56-62,64,66-71H,3-49,51,53-55H2,1-2H3,(H,65,72)/b52-50+. The van der Waals surface area contributed by atoms with Crippen LogP contribution in [0.3, 0.4) is 0 Å². The summed E-state index contributed by atoms with van der Waals surface area (Å²) in [5.74, 6) is -0.609. The van der Waals surface area contributed by atoms with Crippen molar-refractivity contribution >= 4 is 5.91 Å². The average molecular weight is 1050 g/mol. The molecule has 0 aromatic heterocycles. The zero-order chi connectivity index (χ0) is 53.8. The summed E-state index contributed by atoms with van der Waals surface area (Å²) in [7, 11) is 0. The minimum Gasteiger partial charge on any atom is -0.394 e. The lowest BCUT2D eigenvalue weighted by Crippen LogP contribution is -2.60. The van der Waals surface area contributed by atoms with Crippen LogP contribution in [-0.2, 0) is 14.3 Å². The van der Waals surface area contributed by atoms with Crippen molar-refractivity contribution in [2.75, 3.05) is 13.2 Å². The number of carbonyl (C=O) groups is 1. The van der Waals surface area contributed by atoms with Crippen molar-refractivity contribution in [2.24, 2.45) is 0 Å². The molecule has 1 heterocycles. The number of rotatable bonds is 57. The summed E-state index contributed by atoms with van der Waals surface area (Å²) in [6.45, 7) is 3.66. The highest BCUT2D eigenvalue weighted by Crippen LogP contribution is 2.23. The molecule has 1 rings (SSSR count). The smallest absolute Gasteiger partial charge is 0.249 e. The van der Waals surface area contributed by atoms with E-state index in [1.165, 1.54) is 263 Å². The molecule has 10 heteroatoms. The second-order valence-corrected chi connectivity index (χ2v) is 23.1. The van der Waals surface area contributed by atoms with Gasteiger partial charge in [0.1, 0.15) is 30.5 Å². The molecule has 1 saturated heterocycles. The Labute approximate surface area is 457 Å². The SMILES string of the molecule is CCCCCCCCCCCCCCC/C=C/C(O)C(COC1OC(CO)C(O)C(O)C1O)NC(=O)C(O)CCCCCCCCCCCCCCCCCCCCCCCCCCCCCCCCCCCC. The van der Waals surface area contributed by atoms with Crippen molar-refractivity contribution in [3.63, 3.8) is 0 Å². The fourth-order valence-corrected chi connectivity index (χ4v) is 10.8. The third-order valence-electron chi connectivity index (χ3n) is 16.0. The first-order chi connectivity index (χ1) is 36.3. The summed E-state index contributed by atoms with van der Waals surface area (Å²) < 4.78 is 11.2. The van der Waals surface area contributed by atoms with Crippen LogP contribution in [-0.4, -0.2) is 98.7 Å². The molecule has 1 amide bonds. The lowest BCUT2D eigenvalue weighted by molar-refractivity contribution is -0.302. The first kappa shape index (κ1) is 70.9. The van der Waals surface area contributed by atoms with E-state index in [9.17, 15) is 35.4 Å². The number of nitrogens with one attached hydrogen (secondary N) is 1. The third-order valence-corrected chi connectivity index (χ3v) is 16.0. The van der Waals surface area contributed by atoms with Crippen LogP contribution in [0.15, 0.2) is 12.2 Å². The number of hydrogen-bond donors (Lipinski definition) is 7. The molecule has 440 valence electrons. The fourth-order valence-electron chi connectivity index (χ4n) is 10.8. The van der Waals surface area contributed by atoms with Gasteiger partial charge in [-0.25, -0.2) is 0 Å². The predicted octanol–water partition coefficient (Wildman–Crippen LogP) is 15.7. The van der Waals surface area contributed by atoms with Crippen LogP contribution in [0.2, 0.25) is 0 Å². The average Bonchev–Trinajstić information content (AvgIpc) is 3.40. The molecule has 74 heavy (non-hydrogen) atoms. The number of amides is 1. The second-order valence-electron chi connectivity index (χ2n) is 23.1. The van der Waals surface area contributed by atoms with Crippen LogP contribution in [0.5, 0.6) is 0 Å². The maximum absolute atomic E-state index is 13.1. The van der Waals surface area contributed by atoms with Crippen LogP contribution >= 0.6 is 0 Å². The second kappa shape index (κ2) is 53.9. The Hall–Kier alpha value is -1.11. The van der Waals surface area contributed by atoms with E-state index < -0.39 is 61.5 Å². The lowest BCUT2D eigenvalue weighted by atomic mass is 9.99. The van der Waals surface area contributed by atoms with Gasteiger partial charge in [0.2, 0.25) is 5.91 Å². The van der Waals surface area contributed by atoms with Crippen molar-refractivity contribution in [3.8, 4) is 0 Å². The summed E-state index contributed by atoms with van der Waals surface area (Å²) in [4.78, 5) is 13.1. The summed E-state index contributed by atoms with van der Waals surface area (Å²) in [5, 5.41) is 65.1. The van der Waals surface area contributed by atoms with Crippen molar-refractivity contribution < 1.29 is 44.9 Å². The Kier molecular flexibility index (Phi) is 51.6. The lowest BCUT2D eigenvalue weighted by Gasteiger charge is -2.40. The van der Waals surface area contributed by atoms with Gasteiger partial charge in [0.15, 0.2) is 6.29 Å². The molecule has 0 aliphatic carbocycles. The number of carbonyl (C=O) groups excluding carboxylic acids is 1. The number of allylic oxidation sites excluding steroid dienone is 1. The number of aliphatic hydroxyl groups is 6. The van der Waals surface area contributed by atoms with Gasteiger partial charge in [-0.15, -0.1) is 0 Å². The van der Waals surface area contributed by atoms with E-state index in [-0.39, 0.29) is 6.61 Å². The molecule has 7 N–H and O–H groups in total. The summed E-state index contributed by atoms with van der Waals surface area (Å²) >= 11 is 0. The first-order valence-corrected chi connectivity index (χ1v) is 32.5. The van der Waals surface area contributed by atoms with E-state index >= 15 is 0 Å². The molecule has 0 aromatic rings. The van der Waals surface area contributed by atoms with E-state index in [1.54, 1.807) is 6.08 Å². The van der Waals surface area contributed by atoms with E-state index in [0.29, 0.717) is 6.42 Å². The van der Waals surface area contributed by atoms with E-state index in [2.05, 4.69) is 19.2 Å².